The number of ketones is 1. The number of nitrogens with zero attached hydrogens (tertiary/aromatic N) is 1. The first-order chi connectivity index (χ1) is 22.0. The van der Waals surface area contributed by atoms with Gasteiger partial charge in [-0.2, -0.15) is 0 Å². The van der Waals surface area contributed by atoms with Gasteiger partial charge in [0.15, 0.2) is 5.78 Å². The number of carbonyl (C=O) groups is 4. The second-order valence-corrected chi connectivity index (χ2v) is 12.7. The van der Waals surface area contributed by atoms with Crippen LogP contribution in [0.5, 0.6) is 5.75 Å². The molecule has 1 saturated heterocycles. The van der Waals surface area contributed by atoms with Gasteiger partial charge in [0.1, 0.15) is 23.4 Å². The van der Waals surface area contributed by atoms with Gasteiger partial charge in [0, 0.05) is 18.4 Å². The highest BCUT2D eigenvalue weighted by Gasteiger charge is 2.35. The Kier molecular flexibility index (Phi) is 12.1. The monoisotopic (exact) mass is 627 g/mol. The van der Waals surface area contributed by atoms with E-state index >= 15 is 0 Å². The molecule has 3 aromatic rings. The van der Waals surface area contributed by atoms with Gasteiger partial charge in [-0.25, -0.2) is 4.79 Å². The lowest BCUT2D eigenvalue weighted by Gasteiger charge is -2.35. The number of methoxy groups -OCH3 is 1. The van der Waals surface area contributed by atoms with Crippen molar-refractivity contribution in [3.63, 3.8) is 0 Å². The maximum Gasteiger partial charge on any atom is 0.329 e. The quantitative estimate of drug-likeness (QED) is 0.212. The average molecular weight is 628 g/mol. The first-order valence-corrected chi connectivity index (χ1v) is 15.8. The van der Waals surface area contributed by atoms with Gasteiger partial charge in [-0.3, -0.25) is 19.3 Å². The van der Waals surface area contributed by atoms with E-state index in [0.29, 0.717) is 24.3 Å². The topological polar surface area (TPSA) is 114 Å². The summed E-state index contributed by atoms with van der Waals surface area (Å²) in [6.07, 6.45) is 2.71. The van der Waals surface area contributed by atoms with Crippen LogP contribution in [0.3, 0.4) is 0 Å². The zero-order chi connectivity index (χ0) is 33.1. The van der Waals surface area contributed by atoms with Crippen molar-refractivity contribution in [1.29, 1.82) is 0 Å². The molecule has 0 radical (unpaired) electrons. The van der Waals surface area contributed by atoms with Gasteiger partial charge in [0.05, 0.1) is 19.7 Å². The second-order valence-electron chi connectivity index (χ2n) is 12.7. The first kappa shape index (κ1) is 34.4. The van der Waals surface area contributed by atoms with Crippen LogP contribution in [0.1, 0.15) is 61.5 Å². The summed E-state index contributed by atoms with van der Waals surface area (Å²) in [4.78, 5) is 56.2. The molecule has 244 valence electrons. The van der Waals surface area contributed by atoms with Crippen molar-refractivity contribution in [3.8, 4) is 5.75 Å². The molecule has 0 aliphatic carbocycles. The van der Waals surface area contributed by atoms with Crippen molar-refractivity contribution in [2.24, 2.45) is 0 Å². The molecule has 2 amide bonds. The summed E-state index contributed by atoms with van der Waals surface area (Å²) in [5, 5.41) is 5.86. The molecule has 1 unspecified atom stereocenters. The fourth-order valence-corrected chi connectivity index (χ4v) is 5.56. The number of hydrogen-bond acceptors (Lipinski definition) is 7. The number of amides is 2. The van der Waals surface area contributed by atoms with Gasteiger partial charge in [-0.1, -0.05) is 79.2 Å². The van der Waals surface area contributed by atoms with Gasteiger partial charge in [0.2, 0.25) is 11.8 Å². The Hall–Kier alpha value is -4.50. The Bertz CT molecular complexity index is 1470. The molecule has 4 rings (SSSR count). The number of piperidine rings is 1. The SMILES string of the molecule is COc1cccc(C(=O)CN2CCCC[C@H]2C(=O)N[C@@H](Cc2ccccc2)C(=O)NC(Cc2ccccc2)C(=O)OC(C)(C)C)c1. The lowest BCUT2D eigenvalue weighted by molar-refractivity contribution is -0.158. The standard InChI is InChI=1S/C37H45N3O6/c1-37(2,3)46-36(44)31(23-27-16-9-6-10-17-27)39-34(42)30(22-26-14-7-5-8-15-26)38-35(43)32-20-11-12-21-40(32)25-33(41)28-18-13-19-29(24-28)45-4/h5-10,13-19,24,30-32H,11-12,20-23,25H2,1-4H3,(H,38,43)(H,39,42)/t30-,31?,32-/m0/s1. The molecule has 1 aliphatic rings. The molecular weight excluding hydrogens is 582 g/mol. The maximum atomic E-state index is 13.9. The summed E-state index contributed by atoms with van der Waals surface area (Å²) in [5.41, 5.74) is 1.48. The molecule has 2 N–H and O–H groups in total. The fourth-order valence-electron chi connectivity index (χ4n) is 5.56. The summed E-state index contributed by atoms with van der Waals surface area (Å²) in [5.74, 6) is -0.891. The van der Waals surface area contributed by atoms with E-state index in [9.17, 15) is 19.2 Å². The van der Waals surface area contributed by atoms with Gasteiger partial charge in [-0.15, -0.1) is 0 Å². The molecule has 0 saturated carbocycles. The predicted molar refractivity (Wildman–Crippen MR) is 177 cm³/mol. The molecule has 0 aromatic heterocycles. The molecule has 0 spiro atoms. The summed E-state index contributed by atoms with van der Waals surface area (Å²) in [7, 11) is 1.55. The highest BCUT2D eigenvalue weighted by atomic mass is 16.6. The van der Waals surface area contributed by atoms with Gasteiger partial charge >= 0.3 is 5.97 Å². The average Bonchev–Trinajstić information content (AvgIpc) is 3.04. The third-order valence-corrected chi connectivity index (χ3v) is 7.86. The lowest BCUT2D eigenvalue weighted by Crippen LogP contribution is -2.58. The number of esters is 1. The maximum absolute atomic E-state index is 13.9. The smallest absolute Gasteiger partial charge is 0.329 e. The molecule has 9 heteroatoms. The number of Topliss-reactive ketones (excluding diaryl/α,β-unsaturated/α-hetero) is 1. The number of nitrogens with one attached hydrogen (secondary N) is 2. The van der Waals surface area contributed by atoms with Crippen LogP contribution in [0, 0.1) is 0 Å². The van der Waals surface area contributed by atoms with Crippen LogP contribution in [0.25, 0.3) is 0 Å². The van der Waals surface area contributed by atoms with E-state index in [4.69, 9.17) is 9.47 Å². The van der Waals surface area contributed by atoms with E-state index in [-0.39, 0.29) is 31.1 Å². The minimum absolute atomic E-state index is 0.0681. The largest absolute Gasteiger partial charge is 0.497 e. The summed E-state index contributed by atoms with van der Waals surface area (Å²) in [6.45, 7) is 5.98. The molecule has 1 fully saturated rings. The molecule has 46 heavy (non-hydrogen) atoms. The predicted octanol–water partition coefficient (Wildman–Crippen LogP) is 4.53. The van der Waals surface area contributed by atoms with Crippen LogP contribution in [0.15, 0.2) is 84.9 Å². The van der Waals surface area contributed by atoms with Crippen LogP contribution in [-0.4, -0.2) is 72.4 Å². The Morgan fingerprint density at radius 3 is 2.07 bits per heavy atom. The Labute approximate surface area is 271 Å². The third-order valence-electron chi connectivity index (χ3n) is 7.86. The van der Waals surface area contributed by atoms with Crippen LogP contribution < -0.4 is 15.4 Å². The minimum atomic E-state index is -0.964. The highest BCUT2D eigenvalue weighted by Crippen LogP contribution is 2.20. The molecule has 0 bridgehead atoms. The molecule has 3 atom stereocenters. The van der Waals surface area contributed by atoms with E-state index in [1.165, 1.54) is 0 Å². The third kappa shape index (κ3) is 10.3. The first-order valence-electron chi connectivity index (χ1n) is 15.8. The number of carbonyl (C=O) groups excluding carboxylic acids is 4. The summed E-state index contributed by atoms with van der Waals surface area (Å²) < 4.78 is 10.9. The number of ether oxygens (including phenoxy) is 2. The molecular formula is C37H45N3O6. The molecule has 9 nitrogen and oxygen atoms in total. The van der Waals surface area contributed by atoms with Crippen molar-refractivity contribution < 1.29 is 28.7 Å². The molecule has 3 aromatic carbocycles. The Morgan fingerprint density at radius 2 is 1.46 bits per heavy atom. The zero-order valence-electron chi connectivity index (χ0n) is 27.2. The van der Waals surface area contributed by atoms with Crippen LogP contribution >= 0.6 is 0 Å². The highest BCUT2D eigenvalue weighted by molar-refractivity contribution is 5.98. The van der Waals surface area contributed by atoms with Crippen LogP contribution in [-0.2, 0) is 32.0 Å². The second kappa shape index (κ2) is 16.2. The van der Waals surface area contributed by atoms with E-state index in [1.807, 2.05) is 65.6 Å². The Morgan fingerprint density at radius 1 is 0.826 bits per heavy atom. The van der Waals surface area contributed by atoms with Crippen molar-refractivity contribution in [1.82, 2.24) is 15.5 Å². The van der Waals surface area contributed by atoms with E-state index in [0.717, 1.165) is 24.0 Å². The fraction of sp³-hybridized carbons (Fsp3) is 0.405. The van der Waals surface area contributed by atoms with Gasteiger partial charge in [-0.05, 0) is 63.4 Å². The minimum Gasteiger partial charge on any atom is -0.497 e. The lowest BCUT2D eigenvalue weighted by atomic mass is 9.98. The summed E-state index contributed by atoms with van der Waals surface area (Å²) >= 11 is 0. The summed E-state index contributed by atoms with van der Waals surface area (Å²) in [6, 6.07) is 23.3. The number of benzene rings is 3. The van der Waals surface area contributed by atoms with Gasteiger partial charge < -0.3 is 20.1 Å². The number of likely N-dealkylation sites (tertiary alicyclic amines) is 1. The van der Waals surface area contributed by atoms with E-state index in [1.54, 1.807) is 52.1 Å². The van der Waals surface area contributed by atoms with Crippen molar-refractivity contribution in [3.05, 3.63) is 102 Å². The number of rotatable bonds is 13. The van der Waals surface area contributed by atoms with Crippen molar-refractivity contribution >= 4 is 23.6 Å². The number of hydrogen-bond donors (Lipinski definition) is 2. The normalized spacial score (nSPS) is 16.5. The van der Waals surface area contributed by atoms with E-state index in [2.05, 4.69) is 10.6 Å². The van der Waals surface area contributed by atoms with Crippen LogP contribution in [0.2, 0.25) is 0 Å². The molecule has 1 heterocycles. The van der Waals surface area contributed by atoms with E-state index < -0.39 is 35.6 Å². The van der Waals surface area contributed by atoms with Crippen molar-refractivity contribution in [2.75, 3.05) is 20.2 Å². The van der Waals surface area contributed by atoms with Crippen LogP contribution in [0.4, 0.5) is 0 Å². The Balaban J connectivity index is 1.53. The van der Waals surface area contributed by atoms with Gasteiger partial charge in [0.25, 0.3) is 0 Å². The molecule has 1 aliphatic heterocycles. The zero-order valence-corrected chi connectivity index (χ0v) is 27.2. The van der Waals surface area contributed by atoms with Crippen molar-refractivity contribution in [2.45, 2.75) is 76.6 Å².